The van der Waals surface area contributed by atoms with E-state index in [9.17, 15) is 5.11 Å². The van der Waals surface area contributed by atoms with Crippen LogP contribution < -0.4 is 0 Å². The van der Waals surface area contributed by atoms with Crippen molar-refractivity contribution in [3.8, 4) is 0 Å². The van der Waals surface area contributed by atoms with Crippen molar-refractivity contribution in [2.45, 2.75) is 70.1 Å². The molecule has 3 nitrogen and oxygen atoms in total. The lowest BCUT2D eigenvalue weighted by Gasteiger charge is -2.35. The first-order chi connectivity index (χ1) is 8.29. The molecule has 1 saturated carbocycles. The molecule has 0 aromatic carbocycles. The van der Waals surface area contributed by atoms with E-state index in [0.29, 0.717) is 18.2 Å². The van der Waals surface area contributed by atoms with Crippen molar-refractivity contribution in [1.82, 2.24) is 4.90 Å². The molecule has 0 aromatic heterocycles. The van der Waals surface area contributed by atoms with Crippen LogP contribution in [0.3, 0.4) is 0 Å². The third kappa shape index (κ3) is 3.94. The number of ether oxygens (including phenoxy) is 1. The Morgan fingerprint density at radius 2 is 1.88 bits per heavy atom. The molecule has 0 amide bonds. The molecule has 100 valence electrons. The number of hydrogen-bond donors (Lipinski definition) is 1. The Kier molecular flexibility index (Phi) is 5.26. The maximum absolute atomic E-state index is 9.21. The average Bonchev–Trinajstić information content (AvgIpc) is 2.75. The van der Waals surface area contributed by atoms with Crippen LogP contribution in [0.5, 0.6) is 0 Å². The molecule has 0 aromatic rings. The molecule has 17 heavy (non-hydrogen) atoms. The molecule has 1 aliphatic heterocycles. The van der Waals surface area contributed by atoms with Gasteiger partial charge in [0.2, 0.25) is 0 Å². The standard InChI is InChI=1S/C14H27NO2/c1-12-7-8-14(17-12)11-15(9-10-16)13-5-3-2-4-6-13/h12-14,16H,2-11H2,1H3. The Labute approximate surface area is 105 Å². The fraction of sp³-hybridized carbons (Fsp3) is 1.00. The van der Waals surface area contributed by atoms with E-state index in [1.807, 2.05) is 0 Å². The van der Waals surface area contributed by atoms with Crippen molar-refractivity contribution in [2.75, 3.05) is 19.7 Å². The van der Waals surface area contributed by atoms with E-state index < -0.39 is 0 Å². The summed E-state index contributed by atoms with van der Waals surface area (Å²) in [6.07, 6.45) is 9.94. The number of hydrogen-bond acceptors (Lipinski definition) is 3. The van der Waals surface area contributed by atoms with Crippen molar-refractivity contribution in [3.63, 3.8) is 0 Å². The summed E-state index contributed by atoms with van der Waals surface area (Å²) in [5.74, 6) is 0. The van der Waals surface area contributed by atoms with Crippen LogP contribution in [-0.2, 0) is 4.74 Å². The second-order valence-corrected chi connectivity index (χ2v) is 5.66. The van der Waals surface area contributed by atoms with Crippen LogP contribution in [0.25, 0.3) is 0 Å². The fourth-order valence-electron chi connectivity index (χ4n) is 3.28. The second kappa shape index (κ2) is 6.72. The monoisotopic (exact) mass is 241 g/mol. The van der Waals surface area contributed by atoms with Gasteiger partial charge >= 0.3 is 0 Å². The SMILES string of the molecule is CC1CCC(CN(CCO)C2CCCCC2)O1. The maximum atomic E-state index is 9.21. The molecule has 0 spiro atoms. The Hall–Kier alpha value is -0.120. The third-order valence-electron chi connectivity index (χ3n) is 4.24. The van der Waals surface area contributed by atoms with Gasteiger partial charge in [-0.2, -0.15) is 0 Å². The first-order valence-corrected chi connectivity index (χ1v) is 7.30. The lowest BCUT2D eigenvalue weighted by atomic mass is 9.94. The van der Waals surface area contributed by atoms with Crippen molar-refractivity contribution < 1.29 is 9.84 Å². The van der Waals surface area contributed by atoms with Crippen LogP contribution in [0.2, 0.25) is 0 Å². The maximum Gasteiger partial charge on any atom is 0.0706 e. The highest BCUT2D eigenvalue weighted by molar-refractivity contribution is 4.80. The summed E-state index contributed by atoms with van der Waals surface area (Å²) < 4.78 is 5.91. The lowest BCUT2D eigenvalue weighted by molar-refractivity contribution is 0.0118. The topological polar surface area (TPSA) is 32.7 Å². The molecule has 0 bridgehead atoms. The van der Waals surface area contributed by atoms with Gasteiger partial charge in [-0.1, -0.05) is 19.3 Å². The second-order valence-electron chi connectivity index (χ2n) is 5.66. The summed E-state index contributed by atoms with van der Waals surface area (Å²) in [5, 5.41) is 9.21. The van der Waals surface area contributed by atoms with Crippen LogP contribution in [0, 0.1) is 0 Å². The Balaban J connectivity index is 1.82. The van der Waals surface area contributed by atoms with E-state index in [4.69, 9.17) is 4.74 Å². The Bertz CT molecular complexity index is 216. The van der Waals surface area contributed by atoms with E-state index in [-0.39, 0.29) is 6.61 Å². The van der Waals surface area contributed by atoms with Gasteiger partial charge in [-0.25, -0.2) is 0 Å². The van der Waals surface area contributed by atoms with Crippen LogP contribution in [-0.4, -0.2) is 48.0 Å². The van der Waals surface area contributed by atoms with Crippen molar-refractivity contribution in [1.29, 1.82) is 0 Å². The van der Waals surface area contributed by atoms with E-state index in [2.05, 4.69) is 11.8 Å². The van der Waals surface area contributed by atoms with Gasteiger partial charge in [0.1, 0.15) is 0 Å². The Morgan fingerprint density at radius 3 is 2.47 bits per heavy atom. The molecule has 1 N–H and O–H groups in total. The van der Waals surface area contributed by atoms with E-state index in [1.165, 1.54) is 44.9 Å². The minimum absolute atomic E-state index is 0.277. The van der Waals surface area contributed by atoms with Crippen LogP contribution in [0.4, 0.5) is 0 Å². The fourth-order valence-corrected chi connectivity index (χ4v) is 3.28. The molecule has 2 atom stereocenters. The van der Waals surface area contributed by atoms with E-state index in [1.54, 1.807) is 0 Å². The predicted octanol–water partition coefficient (Wildman–Crippen LogP) is 2.18. The molecule has 2 fully saturated rings. The zero-order valence-corrected chi connectivity index (χ0v) is 11.1. The highest BCUT2D eigenvalue weighted by Crippen LogP contribution is 2.25. The molecule has 2 unspecified atom stereocenters. The van der Waals surface area contributed by atoms with Crippen molar-refractivity contribution in [3.05, 3.63) is 0 Å². The van der Waals surface area contributed by atoms with Gasteiger partial charge in [-0.3, -0.25) is 4.90 Å². The van der Waals surface area contributed by atoms with E-state index in [0.717, 1.165) is 13.1 Å². The van der Waals surface area contributed by atoms with Gasteiger partial charge in [0, 0.05) is 19.1 Å². The molecule has 1 saturated heterocycles. The molecule has 2 aliphatic rings. The van der Waals surface area contributed by atoms with Crippen LogP contribution in [0.15, 0.2) is 0 Å². The van der Waals surface area contributed by atoms with Gasteiger partial charge in [0.05, 0.1) is 18.8 Å². The highest BCUT2D eigenvalue weighted by Gasteiger charge is 2.27. The van der Waals surface area contributed by atoms with Gasteiger partial charge < -0.3 is 9.84 Å². The van der Waals surface area contributed by atoms with Crippen LogP contribution >= 0.6 is 0 Å². The summed E-state index contributed by atoms with van der Waals surface area (Å²) in [7, 11) is 0. The third-order valence-corrected chi connectivity index (χ3v) is 4.24. The molecular formula is C14H27NO2. The van der Waals surface area contributed by atoms with Crippen LogP contribution in [0.1, 0.15) is 51.9 Å². The zero-order valence-electron chi connectivity index (χ0n) is 11.1. The summed E-state index contributed by atoms with van der Waals surface area (Å²) >= 11 is 0. The lowest BCUT2D eigenvalue weighted by Crippen LogP contribution is -2.43. The van der Waals surface area contributed by atoms with Gasteiger partial charge in [-0.05, 0) is 32.6 Å². The first-order valence-electron chi connectivity index (χ1n) is 7.30. The summed E-state index contributed by atoms with van der Waals surface area (Å²) in [6, 6.07) is 0.690. The number of aliphatic hydroxyl groups is 1. The van der Waals surface area contributed by atoms with Gasteiger partial charge in [0.15, 0.2) is 0 Å². The minimum atomic E-state index is 0.277. The molecular weight excluding hydrogens is 214 g/mol. The van der Waals surface area contributed by atoms with E-state index >= 15 is 0 Å². The smallest absolute Gasteiger partial charge is 0.0706 e. The number of nitrogens with zero attached hydrogens (tertiary/aromatic N) is 1. The number of aliphatic hydroxyl groups excluding tert-OH is 1. The summed E-state index contributed by atoms with van der Waals surface area (Å²) in [4.78, 5) is 2.47. The van der Waals surface area contributed by atoms with Crippen molar-refractivity contribution in [2.24, 2.45) is 0 Å². The molecule has 2 rings (SSSR count). The number of rotatable bonds is 5. The largest absolute Gasteiger partial charge is 0.395 e. The average molecular weight is 241 g/mol. The molecule has 3 heteroatoms. The first kappa shape index (κ1) is 13.3. The molecule has 1 aliphatic carbocycles. The summed E-state index contributed by atoms with van der Waals surface area (Å²) in [6.45, 7) is 4.28. The van der Waals surface area contributed by atoms with Crippen molar-refractivity contribution >= 4 is 0 Å². The quantitative estimate of drug-likeness (QED) is 0.801. The van der Waals surface area contributed by atoms with Gasteiger partial charge in [-0.15, -0.1) is 0 Å². The summed E-state index contributed by atoms with van der Waals surface area (Å²) in [5.41, 5.74) is 0. The molecule has 0 radical (unpaired) electrons. The normalized spacial score (nSPS) is 31.2. The Morgan fingerprint density at radius 1 is 1.12 bits per heavy atom. The van der Waals surface area contributed by atoms with Gasteiger partial charge in [0.25, 0.3) is 0 Å². The minimum Gasteiger partial charge on any atom is -0.395 e. The molecule has 1 heterocycles. The predicted molar refractivity (Wildman–Crippen MR) is 69.1 cm³/mol. The highest BCUT2D eigenvalue weighted by atomic mass is 16.5. The zero-order chi connectivity index (χ0) is 12.1.